The molecule has 20 heavy (non-hydrogen) atoms. The monoisotopic (exact) mass is 280 g/mol. The van der Waals surface area contributed by atoms with Gasteiger partial charge in [0, 0.05) is 18.2 Å². The van der Waals surface area contributed by atoms with E-state index in [0.29, 0.717) is 6.04 Å². The van der Waals surface area contributed by atoms with Crippen LogP contribution in [0.5, 0.6) is 5.75 Å². The number of hydrogen-bond donors (Lipinski definition) is 3. The van der Waals surface area contributed by atoms with Crippen LogP contribution in [0.2, 0.25) is 0 Å². The molecule has 2 rings (SSSR count). The summed E-state index contributed by atoms with van der Waals surface area (Å²) in [6, 6.07) is 4.10. The fraction of sp³-hybridized carbons (Fsp3) is 0.533. The number of phenols is 1. The van der Waals surface area contributed by atoms with Gasteiger partial charge >= 0.3 is 0 Å². The van der Waals surface area contributed by atoms with E-state index in [9.17, 15) is 14.3 Å². The second-order valence-corrected chi connectivity index (χ2v) is 5.24. The molecule has 0 saturated heterocycles. The van der Waals surface area contributed by atoms with Crippen molar-refractivity contribution >= 4 is 5.91 Å². The van der Waals surface area contributed by atoms with Crippen molar-refractivity contribution in [3.05, 3.63) is 29.6 Å². The Balaban J connectivity index is 1.89. The topological polar surface area (TPSA) is 61.4 Å². The molecule has 4 nitrogen and oxygen atoms in total. The Morgan fingerprint density at radius 1 is 1.30 bits per heavy atom. The highest BCUT2D eigenvalue weighted by molar-refractivity contribution is 5.96. The Labute approximate surface area is 118 Å². The molecule has 1 aliphatic carbocycles. The van der Waals surface area contributed by atoms with Gasteiger partial charge in [0.1, 0.15) is 11.6 Å². The second kappa shape index (κ2) is 6.70. The molecule has 0 bridgehead atoms. The number of aromatic hydroxyl groups is 1. The van der Waals surface area contributed by atoms with Crippen LogP contribution in [-0.4, -0.2) is 29.6 Å². The third-order valence-corrected chi connectivity index (χ3v) is 3.76. The molecular weight excluding hydrogens is 259 g/mol. The lowest BCUT2D eigenvalue weighted by atomic mass is 9.91. The van der Waals surface area contributed by atoms with Gasteiger partial charge in [-0.05, 0) is 44.4 Å². The smallest absolute Gasteiger partial charge is 0.255 e. The Bertz CT molecular complexity index is 471. The van der Waals surface area contributed by atoms with E-state index in [1.165, 1.54) is 12.1 Å². The highest BCUT2D eigenvalue weighted by Crippen LogP contribution is 2.21. The van der Waals surface area contributed by atoms with Crippen molar-refractivity contribution < 1.29 is 14.3 Å². The van der Waals surface area contributed by atoms with Gasteiger partial charge in [-0.25, -0.2) is 4.39 Å². The maximum atomic E-state index is 12.9. The fourth-order valence-corrected chi connectivity index (χ4v) is 2.69. The minimum absolute atomic E-state index is 0.125. The summed E-state index contributed by atoms with van der Waals surface area (Å²) in [7, 11) is 0. The summed E-state index contributed by atoms with van der Waals surface area (Å²) in [6.07, 6.45) is 3.92. The molecule has 0 spiro atoms. The third-order valence-electron chi connectivity index (χ3n) is 3.76. The first-order chi connectivity index (χ1) is 9.60. The van der Waals surface area contributed by atoms with Gasteiger partial charge < -0.3 is 15.7 Å². The van der Waals surface area contributed by atoms with E-state index in [2.05, 4.69) is 17.6 Å². The maximum Gasteiger partial charge on any atom is 0.255 e. The first-order valence-corrected chi connectivity index (χ1v) is 7.13. The average Bonchev–Trinajstić information content (AvgIpc) is 2.41. The van der Waals surface area contributed by atoms with Crippen molar-refractivity contribution in [3.8, 4) is 5.75 Å². The molecule has 3 N–H and O–H groups in total. The van der Waals surface area contributed by atoms with E-state index in [-0.39, 0.29) is 23.3 Å². The minimum atomic E-state index is -0.551. The van der Waals surface area contributed by atoms with Crippen LogP contribution in [0.25, 0.3) is 0 Å². The molecule has 1 amide bonds. The average molecular weight is 280 g/mol. The Morgan fingerprint density at radius 3 is 2.55 bits per heavy atom. The molecule has 1 aromatic rings. The maximum absolute atomic E-state index is 12.9. The molecule has 0 aromatic heterocycles. The van der Waals surface area contributed by atoms with Crippen molar-refractivity contribution in [1.29, 1.82) is 0 Å². The summed E-state index contributed by atoms with van der Waals surface area (Å²) >= 11 is 0. The molecule has 0 radical (unpaired) electrons. The number of carbonyl (C=O) groups is 1. The van der Waals surface area contributed by atoms with Gasteiger partial charge in [-0.1, -0.05) is 6.92 Å². The van der Waals surface area contributed by atoms with Crippen LogP contribution in [0.3, 0.4) is 0 Å². The zero-order chi connectivity index (χ0) is 14.5. The predicted molar refractivity (Wildman–Crippen MR) is 75.3 cm³/mol. The van der Waals surface area contributed by atoms with Crippen LogP contribution in [-0.2, 0) is 0 Å². The summed E-state index contributed by atoms with van der Waals surface area (Å²) in [5, 5.41) is 15.9. The van der Waals surface area contributed by atoms with Crippen molar-refractivity contribution in [2.24, 2.45) is 0 Å². The van der Waals surface area contributed by atoms with E-state index in [1.54, 1.807) is 0 Å². The van der Waals surface area contributed by atoms with Crippen molar-refractivity contribution in [2.75, 3.05) is 6.54 Å². The molecule has 5 heteroatoms. The zero-order valence-electron chi connectivity index (χ0n) is 11.7. The molecule has 110 valence electrons. The molecule has 0 unspecified atom stereocenters. The van der Waals surface area contributed by atoms with E-state index in [4.69, 9.17) is 0 Å². The standard InChI is InChI=1S/C15H21FN2O2/c1-2-17-11-4-6-12(7-5-11)18-15(20)13-8-3-10(16)9-14(13)19/h3,8-9,11-12,17,19H,2,4-7H2,1H3,(H,18,20). The molecule has 0 heterocycles. The van der Waals surface area contributed by atoms with E-state index in [1.807, 2.05) is 0 Å². The molecule has 1 fully saturated rings. The number of phenolic OH excluding ortho intramolecular Hbond substituents is 1. The zero-order valence-corrected chi connectivity index (χ0v) is 11.7. The van der Waals surface area contributed by atoms with Crippen molar-refractivity contribution in [1.82, 2.24) is 10.6 Å². The lowest BCUT2D eigenvalue weighted by molar-refractivity contribution is 0.0921. The van der Waals surface area contributed by atoms with E-state index in [0.717, 1.165) is 38.3 Å². The summed E-state index contributed by atoms with van der Waals surface area (Å²) in [4.78, 5) is 12.0. The molecule has 1 aromatic carbocycles. The lowest BCUT2D eigenvalue weighted by Gasteiger charge is -2.29. The SMILES string of the molecule is CCNC1CCC(NC(=O)c2ccc(F)cc2O)CC1. The Hall–Kier alpha value is -1.62. The number of amides is 1. The molecule has 0 aliphatic heterocycles. The number of rotatable bonds is 4. The van der Waals surface area contributed by atoms with Gasteiger partial charge in [0.25, 0.3) is 5.91 Å². The predicted octanol–water partition coefficient (Wildman–Crippen LogP) is 2.18. The van der Waals surface area contributed by atoms with Crippen LogP contribution in [0.15, 0.2) is 18.2 Å². The summed E-state index contributed by atoms with van der Waals surface area (Å²) < 4.78 is 12.9. The van der Waals surface area contributed by atoms with Gasteiger partial charge in [0.05, 0.1) is 5.56 Å². The molecule has 1 saturated carbocycles. The van der Waals surface area contributed by atoms with E-state index >= 15 is 0 Å². The van der Waals surface area contributed by atoms with E-state index < -0.39 is 5.82 Å². The van der Waals surface area contributed by atoms with Gasteiger partial charge in [0.15, 0.2) is 0 Å². The van der Waals surface area contributed by atoms with Gasteiger partial charge in [-0.2, -0.15) is 0 Å². The quantitative estimate of drug-likeness (QED) is 0.792. The lowest BCUT2D eigenvalue weighted by Crippen LogP contribution is -2.42. The van der Waals surface area contributed by atoms with Crippen LogP contribution in [0.4, 0.5) is 4.39 Å². The van der Waals surface area contributed by atoms with Gasteiger partial charge in [-0.3, -0.25) is 4.79 Å². The number of nitrogens with one attached hydrogen (secondary N) is 2. The first-order valence-electron chi connectivity index (χ1n) is 7.13. The summed E-state index contributed by atoms with van der Waals surface area (Å²) in [5.41, 5.74) is 0.125. The minimum Gasteiger partial charge on any atom is -0.507 e. The van der Waals surface area contributed by atoms with Crippen molar-refractivity contribution in [3.63, 3.8) is 0 Å². The van der Waals surface area contributed by atoms with Crippen molar-refractivity contribution in [2.45, 2.75) is 44.7 Å². The number of carbonyl (C=O) groups excluding carboxylic acids is 1. The number of halogens is 1. The molecular formula is C15H21FN2O2. The summed E-state index contributed by atoms with van der Waals surface area (Å²) in [6.45, 7) is 3.05. The summed E-state index contributed by atoms with van der Waals surface area (Å²) in [5.74, 6) is -1.21. The van der Waals surface area contributed by atoms with Crippen LogP contribution in [0.1, 0.15) is 43.0 Å². The molecule has 0 atom stereocenters. The number of benzene rings is 1. The highest BCUT2D eigenvalue weighted by Gasteiger charge is 2.23. The van der Waals surface area contributed by atoms with Gasteiger partial charge in [0.2, 0.25) is 0 Å². The Kier molecular flexibility index (Phi) is 4.95. The third kappa shape index (κ3) is 3.70. The highest BCUT2D eigenvalue weighted by atomic mass is 19.1. The first kappa shape index (κ1) is 14.8. The fourth-order valence-electron chi connectivity index (χ4n) is 2.69. The largest absolute Gasteiger partial charge is 0.507 e. The number of hydrogen-bond acceptors (Lipinski definition) is 3. The Morgan fingerprint density at radius 2 is 1.95 bits per heavy atom. The van der Waals surface area contributed by atoms with Crippen LogP contribution >= 0.6 is 0 Å². The normalized spacial score (nSPS) is 22.5. The van der Waals surface area contributed by atoms with Crippen LogP contribution in [0, 0.1) is 5.82 Å². The second-order valence-electron chi connectivity index (χ2n) is 5.24. The van der Waals surface area contributed by atoms with Gasteiger partial charge in [-0.15, -0.1) is 0 Å². The molecule has 1 aliphatic rings. The van der Waals surface area contributed by atoms with Crippen LogP contribution < -0.4 is 10.6 Å².